The SMILES string of the molecule is CN1CC(Oc2ccc(CC3CCCNC3)cc2)C1. The zero-order valence-electron chi connectivity index (χ0n) is 11.8. The summed E-state index contributed by atoms with van der Waals surface area (Å²) in [5, 5.41) is 3.48. The predicted octanol–water partition coefficient (Wildman–Crippen LogP) is 1.92. The molecule has 0 aliphatic carbocycles. The van der Waals surface area contributed by atoms with Crippen LogP contribution in [0.3, 0.4) is 0 Å². The Morgan fingerprint density at radius 2 is 2.05 bits per heavy atom. The lowest BCUT2D eigenvalue weighted by Crippen LogP contribution is -2.51. The second-order valence-corrected chi connectivity index (χ2v) is 6.02. The highest BCUT2D eigenvalue weighted by Crippen LogP contribution is 2.21. The lowest BCUT2D eigenvalue weighted by atomic mass is 9.92. The van der Waals surface area contributed by atoms with Gasteiger partial charge in [0.25, 0.3) is 0 Å². The molecule has 1 atom stereocenters. The molecule has 2 aliphatic rings. The molecule has 1 aromatic rings. The van der Waals surface area contributed by atoms with E-state index in [-0.39, 0.29) is 0 Å². The molecule has 0 saturated carbocycles. The number of nitrogens with zero attached hydrogens (tertiary/aromatic N) is 1. The van der Waals surface area contributed by atoms with Crippen molar-refractivity contribution in [3.8, 4) is 5.75 Å². The molecule has 0 amide bonds. The molecule has 2 heterocycles. The van der Waals surface area contributed by atoms with Gasteiger partial charge in [-0.15, -0.1) is 0 Å². The number of hydrogen-bond acceptors (Lipinski definition) is 3. The molecule has 19 heavy (non-hydrogen) atoms. The standard InChI is InChI=1S/C16H24N2O/c1-18-11-16(12-18)19-15-6-4-13(5-7-15)9-14-3-2-8-17-10-14/h4-7,14,16-17H,2-3,8-12H2,1H3. The van der Waals surface area contributed by atoms with E-state index in [1.807, 2.05) is 0 Å². The first-order chi connectivity index (χ1) is 9.29. The topological polar surface area (TPSA) is 24.5 Å². The monoisotopic (exact) mass is 260 g/mol. The van der Waals surface area contributed by atoms with Crippen LogP contribution in [0.25, 0.3) is 0 Å². The molecule has 0 bridgehead atoms. The predicted molar refractivity (Wildman–Crippen MR) is 77.7 cm³/mol. The molecule has 2 fully saturated rings. The van der Waals surface area contributed by atoms with Gasteiger partial charge in [0.2, 0.25) is 0 Å². The van der Waals surface area contributed by atoms with Crippen molar-refractivity contribution >= 4 is 0 Å². The van der Waals surface area contributed by atoms with Gasteiger partial charge in [-0.2, -0.15) is 0 Å². The van der Waals surface area contributed by atoms with Crippen LogP contribution in [-0.2, 0) is 6.42 Å². The smallest absolute Gasteiger partial charge is 0.124 e. The van der Waals surface area contributed by atoms with Crippen molar-refractivity contribution in [3.05, 3.63) is 29.8 Å². The largest absolute Gasteiger partial charge is 0.488 e. The van der Waals surface area contributed by atoms with E-state index in [0.29, 0.717) is 6.10 Å². The highest BCUT2D eigenvalue weighted by molar-refractivity contribution is 5.28. The number of hydrogen-bond donors (Lipinski definition) is 1. The Balaban J connectivity index is 1.50. The van der Waals surface area contributed by atoms with Crippen molar-refractivity contribution in [2.45, 2.75) is 25.4 Å². The maximum absolute atomic E-state index is 5.91. The van der Waals surface area contributed by atoms with Gasteiger partial charge in [-0.25, -0.2) is 0 Å². The molecule has 2 saturated heterocycles. The normalized spacial score (nSPS) is 25.0. The molecule has 1 unspecified atom stereocenters. The quantitative estimate of drug-likeness (QED) is 0.895. The minimum atomic E-state index is 0.387. The van der Waals surface area contributed by atoms with Gasteiger partial charge in [0.05, 0.1) is 0 Å². The minimum absolute atomic E-state index is 0.387. The van der Waals surface area contributed by atoms with Gasteiger partial charge in [0.1, 0.15) is 11.9 Å². The van der Waals surface area contributed by atoms with Crippen LogP contribution in [0.2, 0.25) is 0 Å². The third-order valence-electron chi connectivity index (χ3n) is 4.18. The van der Waals surface area contributed by atoms with E-state index in [0.717, 1.165) is 24.8 Å². The maximum atomic E-state index is 5.91. The summed E-state index contributed by atoms with van der Waals surface area (Å²) in [6.45, 7) is 4.47. The second kappa shape index (κ2) is 5.93. The summed E-state index contributed by atoms with van der Waals surface area (Å²) >= 11 is 0. The first kappa shape index (κ1) is 12.9. The average Bonchev–Trinajstić information content (AvgIpc) is 2.40. The second-order valence-electron chi connectivity index (χ2n) is 6.02. The van der Waals surface area contributed by atoms with E-state index in [9.17, 15) is 0 Å². The summed E-state index contributed by atoms with van der Waals surface area (Å²) in [6, 6.07) is 8.71. The van der Waals surface area contributed by atoms with Gasteiger partial charge in [-0.1, -0.05) is 12.1 Å². The third kappa shape index (κ3) is 3.48. The molecule has 3 rings (SSSR count). The first-order valence-corrected chi connectivity index (χ1v) is 7.44. The zero-order chi connectivity index (χ0) is 13.1. The van der Waals surface area contributed by atoms with Gasteiger partial charge in [0.15, 0.2) is 0 Å². The van der Waals surface area contributed by atoms with Gasteiger partial charge in [-0.05, 0) is 63.0 Å². The number of piperidine rings is 1. The molecule has 0 radical (unpaired) electrons. The minimum Gasteiger partial charge on any atom is -0.488 e. The average molecular weight is 260 g/mol. The lowest BCUT2D eigenvalue weighted by molar-refractivity contribution is 0.0388. The number of benzene rings is 1. The van der Waals surface area contributed by atoms with Gasteiger partial charge in [-0.3, -0.25) is 4.90 Å². The fourth-order valence-electron chi connectivity index (χ4n) is 3.04. The van der Waals surface area contributed by atoms with Crippen LogP contribution in [0.1, 0.15) is 18.4 Å². The van der Waals surface area contributed by atoms with Crippen molar-refractivity contribution in [2.75, 3.05) is 33.2 Å². The molecule has 104 valence electrons. The van der Waals surface area contributed by atoms with Crippen LogP contribution in [-0.4, -0.2) is 44.2 Å². The van der Waals surface area contributed by atoms with Crippen molar-refractivity contribution in [2.24, 2.45) is 5.92 Å². The fraction of sp³-hybridized carbons (Fsp3) is 0.625. The number of likely N-dealkylation sites (N-methyl/N-ethyl adjacent to an activating group) is 1. The molecule has 1 N–H and O–H groups in total. The summed E-state index contributed by atoms with van der Waals surface area (Å²) in [5.74, 6) is 1.82. The summed E-state index contributed by atoms with van der Waals surface area (Å²) in [6.07, 6.45) is 4.26. The Hall–Kier alpha value is -1.06. The Morgan fingerprint density at radius 1 is 1.26 bits per heavy atom. The van der Waals surface area contributed by atoms with Gasteiger partial charge < -0.3 is 10.1 Å². The molecule has 0 spiro atoms. The molecule has 3 nitrogen and oxygen atoms in total. The molecule has 1 aromatic carbocycles. The Labute approximate surface area is 115 Å². The van der Waals surface area contributed by atoms with Gasteiger partial charge >= 0.3 is 0 Å². The molecule has 3 heteroatoms. The first-order valence-electron chi connectivity index (χ1n) is 7.44. The Morgan fingerprint density at radius 3 is 2.68 bits per heavy atom. The highest BCUT2D eigenvalue weighted by Gasteiger charge is 2.24. The van der Waals surface area contributed by atoms with E-state index in [2.05, 4.69) is 41.5 Å². The van der Waals surface area contributed by atoms with E-state index >= 15 is 0 Å². The van der Waals surface area contributed by atoms with Crippen LogP contribution in [0.5, 0.6) is 5.75 Å². The number of ether oxygens (including phenoxy) is 1. The Bertz CT molecular complexity index is 392. The van der Waals surface area contributed by atoms with Crippen LogP contribution in [0, 0.1) is 5.92 Å². The Kier molecular flexibility index (Phi) is 4.04. The number of rotatable bonds is 4. The zero-order valence-corrected chi connectivity index (χ0v) is 11.8. The van der Waals surface area contributed by atoms with Gasteiger partial charge in [0, 0.05) is 13.1 Å². The van der Waals surface area contributed by atoms with Crippen molar-refractivity contribution in [1.29, 1.82) is 0 Å². The summed E-state index contributed by atoms with van der Waals surface area (Å²) < 4.78 is 5.91. The van der Waals surface area contributed by atoms with Crippen LogP contribution in [0.4, 0.5) is 0 Å². The van der Waals surface area contributed by atoms with E-state index in [1.165, 1.54) is 37.9 Å². The van der Waals surface area contributed by atoms with Crippen LogP contribution >= 0.6 is 0 Å². The van der Waals surface area contributed by atoms with E-state index in [4.69, 9.17) is 4.74 Å². The van der Waals surface area contributed by atoms with Crippen LogP contribution < -0.4 is 10.1 Å². The van der Waals surface area contributed by atoms with Crippen molar-refractivity contribution in [1.82, 2.24) is 10.2 Å². The fourth-order valence-corrected chi connectivity index (χ4v) is 3.04. The highest BCUT2D eigenvalue weighted by atomic mass is 16.5. The molecular formula is C16H24N2O. The molecule has 2 aliphatic heterocycles. The number of likely N-dealkylation sites (tertiary alicyclic amines) is 1. The lowest BCUT2D eigenvalue weighted by Gasteiger charge is -2.36. The van der Waals surface area contributed by atoms with Crippen molar-refractivity contribution < 1.29 is 4.74 Å². The van der Waals surface area contributed by atoms with E-state index in [1.54, 1.807) is 0 Å². The van der Waals surface area contributed by atoms with Crippen molar-refractivity contribution in [3.63, 3.8) is 0 Å². The summed E-state index contributed by atoms with van der Waals surface area (Å²) in [5.41, 5.74) is 1.44. The summed E-state index contributed by atoms with van der Waals surface area (Å²) in [7, 11) is 2.13. The van der Waals surface area contributed by atoms with E-state index < -0.39 is 0 Å². The molecule has 0 aromatic heterocycles. The molecular weight excluding hydrogens is 236 g/mol. The number of nitrogens with one attached hydrogen (secondary N) is 1. The third-order valence-corrected chi connectivity index (χ3v) is 4.18. The van der Waals surface area contributed by atoms with Crippen LogP contribution in [0.15, 0.2) is 24.3 Å². The maximum Gasteiger partial charge on any atom is 0.124 e. The summed E-state index contributed by atoms with van der Waals surface area (Å²) in [4.78, 5) is 2.27.